The fraction of sp³-hybridized carbons (Fsp3) is 0.357. The van der Waals surface area contributed by atoms with Gasteiger partial charge in [0, 0.05) is 6.04 Å². The lowest BCUT2D eigenvalue weighted by Crippen LogP contribution is -2.31. The van der Waals surface area contributed by atoms with E-state index >= 15 is 0 Å². The summed E-state index contributed by atoms with van der Waals surface area (Å²) in [6.45, 7) is 6.07. The molecule has 0 saturated carbocycles. The van der Waals surface area contributed by atoms with Gasteiger partial charge in [-0.1, -0.05) is 30.3 Å². The van der Waals surface area contributed by atoms with Crippen molar-refractivity contribution in [2.24, 2.45) is 5.73 Å². The zero-order valence-electron chi connectivity index (χ0n) is 10.9. The number of nitrogens with two attached hydrogens (primary N) is 1. The SMILES string of the molecule is Cc1nn(C(c2ccccc2)C(C)N)c(C)c1Br. The number of hydrogen-bond donors (Lipinski definition) is 1. The van der Waals surface area contributed by atoms with Crippen molar-refractivity contribution in [3.63, 3.8) is 0 Å². The molecule has 1 heterocycles. The Kier molecular flexibility index (Phi) is 3.88. The Labute approximate surface area is 116 Å². The molecule has 1 aromatic carbocycles. The van der Waals surface area contributed by atoms with Crippen LogP contribution in [-0.4, -0.2) is 15.8 Å². The van der Waals surface area contributed by atoms with E-state index in [4.69, 9.17) is 5.73 Å². The van der Waals surface area contributed by atoms with Gasteiger partial charge >= 0.3 is 0 Å². The Balaban J connectivity index is 2.52. The third kappa shape index (κ3) is 2.35. The summed E-state index contributed by atoms with van der Waals surface area (Å²) in [6.07, 6.45) is 0. The topological polar surface area (TPSA) is 43.8 Å². The van der Waals surface area contributed by atoms with Crippen LogP contribution >= 0.6 is 15.9 Å². The molecule has 0 saturated heterocycles. The Morgan fingerprint density at radius 3 is 2.28 bits per heavy atom. The average Bonchev–Trinajstić information content (AvgIpc) is 2.59. The lowest BCUT2D eigenvalue weighted by atomic mass is 10.0. The summed E-state index contributed by atoms with van der Waals surface area (Å²) in [5, 5.41) is 4.60. The molecule has 2 N–H and O–H groups in total. The largest absolute Gasteiger partial charge is 0.326 e. The minimum absolute atomic E-state index is 0.00250. The highest BCUT2D eigenvalue weighted by Crippen LogP contribution is 2.27. The summed E-state index contributed by atoms with van der Waals surface area (Å²) >= 11 is 3.57. The molecule has 4 heteroatoms. The van der Waals surface area contributed by atoms with Crippen LogP contribution < -0.4 is 5.73 Å². The lowest BCUT2D eigenvalue weighted by molar-refractivity contribution is 0.443. The van der Waals surface area contributed by atoms with Gasteiger partial charge in [-0.15, -0.1) is 0 Å². The van der Waals surface area contributed by atoms with Crippen LogP contribution in [0.4, 0.5) is 0 Å². The molecule has 0 aliphatic rings. The molecule has 2 unspecified atom stereocenters. The Morgan fingerprint density at radius 1 is 1.22 bits per heavy atom. The molecule has 0 fully saturated rings. The van der Waals surface area contributed by atoms with Crippen molar-refractivity contribution in [2.75, 3.05) is 0 Å². The first-order valence-corrected chi connectivity index (χ1v) is 6.83. The second-order valence-corrected chi connectivity index (χ2v) is 5.44. The summed E-state index contributed by atoms with van der Waals surface area (Å²) in [6, 6.07) is 10.3. The van der Waals surface area contributed by atoms with Crippen LogP contribution in [0.5, 0.6) is 0 Å². The van der Waals surface area contributed by atoms with Crippen LogP contribution in [0.15, 0.2) is 34.8 Å². The van der Waals surface area contributed by atoms with Gasteiger partial charge in [0.2, 0.25) is 0 Å². The molecule has 3 nitrogen and oxygen atoms in total. The number of halogens is 1. The Morgan fingerprint density at radius 2 is 1.83 bits per heavy atom. The summed E-state index contributed by atoms with van der Waals surface area (Å²) in [4.78, 5) is 0. The summed E-state index contributed by atoms with van der Waals surface area (Å²) in [5.74, 6) is 0. The van der Waals surface area contributed by atoms with Crippen LogP contribution in [0, 0.1) is 13.8 Å². The maximum absolute atomic E-state index is 6.15. The van der Waals surface area contributed by atoms with E-state index < -0.39 is 0 Å². The van der Waals surface area contributed by atoms with Crippen molar-refractivity contribution in [3.05, 3.63) is 51.8 Å². The number of benzene rings is 1. The second-order valence-electron chi connectivity index (χ2n) is 4.64. The highest BCUT2D eigenvalue weighted by Gasteiger charge is 2.22. The smallest absolute Gasteiger partial charge is 0.0920 e. The third-order valence-corrected chi connectivity index (χ3v) is 4.29. The second kappa shape index (κ2) is 5.24. The van der Waals surface area contributed by atoms with E-state index in [0.29, 0.717) is 0 Å². The van der Waals surface area contributed by atoms with E-state index in [1.165, 1.54) is 5.56 Å². The van der Waals surface area contributed by atoms with Crippen molar-refractivity contribution in [1.82, 2.24) is 9.78 Å². The summed E-state index contributed by atoms with van der Waals surface area (Å²) in [5.41, 5.74) is 9.44. The van der Waals surface area contributed by atoms with Crippen LogP contribution in [-0.2, 0) is 0 Å². The highest BCUT2D eigenvalue weighted by atomic mass is 79.9. The van der Waals surface area contributed by atoms with E-state index in [-0.39, 0.29) is 12.1 Å². The fourth-order valence-corrected chi connectivity index (χ4v) is 2.49. The molecule has 0 radical (unpaired) electrons. The van der Waals surface area contributed by atoms with Gasteiger partial charge in [-0.05, 0) is 42.3 Å². The van der Waals surface area contributed by atoms with Crippen LogP contribution in [0.1, 0.15) is 29.9 Å². The van der Waals surface area contributed by atoms with Crippen molar-refractivity contribution < 1.29 is 0 Å². The molecule has 0 aliphatic heterocycles. The van der Waals surface area contributed by atoms with Gasteiger partial charge in [0.1, 0.15) is 0 Å². The monoisotopic (exact) mass is 307 g/mol. The zero-order valence-corrected chi connectivity index (χ0v) is 12.5. The summed E-state index contributed by atoms with van der Waals surface area (Å²) < 4.78 is 3.07. The number of aryl methyl sites for hydroxylation is 1. The molecule has 2 atom stereocenters. The molecule has 2 rings (SSSR count). The zero-order chi connectivity index (χ0) is 13.3. The number of hydrogen-bond acceptors (Lipinski definition) is 2. The standard InChI is InChI=1S/C14H18BrN3/c1-9(16)14(12-7-5-4-6-8-12)18-11(3)13(15)10(2)17-18/h4-9,14H,16H2,1-3H3. The number of aromatic nitrogens is 2. The van der Waals surface area contributed by atoms with Crippen molar-refractivity contribution in [2.45, 2.75) is 32.9 Å². The quantitative estimate of drug-likeness (QED) is 0.946. The van der Waals surface area contributed by atoms with Crippen molar-refractivity contribution in [3.8, 4) is 0 Å². The van der Waals surface area contributed by atoms with Crippen LogP contribution in [0.2, 0.25) is 0 Å². The van der Waals surface area contributed by atoms with E-state index in [1.807, 2.05) is 36.7 Å². The molecule has 96 valence electrons. The molecule has 18 heavy (non-hydrogen) atoms. The maximum atomic E-state index is 6.15. The molecule has 0 spiro atoms. The van der Waals surface area contributed by atoms with Crippen LogP contribution in [0.25, 0.3) is 0 Å². The van der Waals surface area contributed by atoms with Crippen LogP contribution in [0.3, 0.4) is 0 Å². The van der Waals surface area contributed by atoms with E-state index in [0.717, 1.165) is 15.9 Å². The predicted molar refractivity (Wildman–Crippen MR) is 77.6 cm³/mol. The van der Waals surface area contributed by atoms with Gasteiger partial charge in [-0.2, -0.15) is 5.10 Å². The Bertz CT molecular complexity index is 531. The van der Waals surface area contributed by atoms with Gasteiger partial charge in [0.15, 0.2) is 0 Å². The number of rotatable bonds is 3. The molecular formula is C14H18BrN3. The van der Waals surface area contributed by atoms with E-state index in [9.17, 15) is 0 Å². The molecule has 2 aromatic rings. The fourth-order valence-electron chi connectivity index (χ4n) is 2.23. The normalized spacial score (nSPS) is 14.5. The van der Waals surface area contributed by atoms with Crippen molar-refractivity contribution >= 4 is 15.9 Å². The maximum Gasteiger partial charge on any atom is 0.0920 e. The average molecular weight is 308 g/mol. The van der Waals surface area contributed by atoms with Gasteiger partial charge in [-0.25, -0.2) is 0 Å². The van der Waals surface area contributed by atoms with Crippen molar-refractivity contribution in [1.29, 1.82) is 0 Å². The third-order valence-electron chi connectivity index (χ3n) is 3.14. The predicted octanol–water partition coefficient (Wildman–Crippen LogP) is 3.20. The highest BCUT2D eigenvalue weighted by molar-refractivity contribution is 9.10. The summed E-state index contributed by atoms with van der Waals surface area (Å²) in [7, 11) is 0. The Hall–Kier alpha value is -1.13. The lowest BCUT2D eigenvalue weighted by Gasteiger charge is -2.23. The molecule has 0 amide bonds. The molecule has 0 aliphatic carbocycles. The molecule has 1 aromatic heterocycles. The van der Waals surface area contributed by atoms with Gasteiger partial charge < -0.3 is 5.73 Å². The van der Waals surface area contributed by atoms with E-state index in [1.54, 1.807) is 0 Å². The van der Waals surface area contributed by atoms with Gasteiger partial charge in [0.25, 0.3) is 0 Å². The molecule has 0 bridgehead atoms. The minimum Gasteiger partial charge on any atom is -0.326 e. The first-order valence-electron chi connectivity index (χ1n) is 6.04. The number of nitrogens with zero attached hydrogens (tertiary/aromatic N) is 2. The first-order chi connectivity index (χ1) is 8.52. The van der Waals surface area contributed by atoms with E-state index in [2.05, 4.69) is 40.1 Å². The van der Waals surface area contributed by atoms with Gasteiger partial charge in [0.05, 0.1) is 21.9 Å². The minimum atomic E-state index is -0.00250. The van der Waals surface area contributed by atoms with Gasteiger partial charge in [-0.3, -0.25) is 4.68 Å². The first kappa shape index (κ1) is 13.3. The molecular weight excluding hydrogens is 290 g/mol.